The molecule has 0 spiro atoms. The van der Waals surface area contributed by atoms with E-state index < -0.39 is 4.92 Å². The maximum Gasteiger partial charge on any atom is 0.313 e. The highest BCUT2D eigenvalue weighted by molar-refractivity contribution is 6.30. The summed E-state index contributed by atoms with van der Waals surface area (Å²) in [5, 5.41) is 11.3. The Bertz CT molecular complexity index is 691. The maximum absolute atomic E-state index is 11.0. The summed E-state index contributed by atoms with van der Waals surface area (Å²) in [5.41, 5.74) is 5.44. The number of aromatic nitrogens is 2. The number of benzene rings is 1. The third kappa shape index (κ3) is 3.57. The quantitative estimate of drug-likeness (QED) is 0.684. The molecule has 7 nitrogen and oxygen atoms in total. The highest BCUT2D eigenvalue weighted by atomic mass is 35.5. The van der Waals surface area contributed by atoms with Gasteiger partial charge in [0.1, 0.15) is 11.6 Å². The van der Waals surface area contributed by atoms with Crippen LogP contribution in [0.4, 0.5) is 11.5 Å². The molecule has 0 saturated carbocycles. The molecule has 0 bridgehead atoms. The molecule has 0 atom stereocenters. The van der Waals surface area contributed by atoms with E-state index in [0.717, 1.165) is 0 Å². The molecule has 0 amide bonds. The fourth-order valence-corrected chi connectivity index (χ4v) is 1.77. The average Bonchev–Trinajstić information content (AvgIpc) is 2.40. The summed E-state index contributed by atoms with van der Waals surface area (Å²) >= 11 is 5.75. The van der Waals surface area contributed by atoms with Crippen LogP contribution in [0.15, 0.2) is 24.3 Å². The van der Waals surface area contributed by atoms with Gasteiger partial charge in [-0.1, -0.05) is 25.4 Å². The second-order valence-electron chi connectivity index (χ2n) is 4.62. The van der Waals surface area contributed by atoms with Crippen molar-refractivity contribution in [3.05, 3.63) is 45.2 Å². The van der Waals surface area contributed by atoms with E-state index in [4.69, 9.17) is 22.1 Å². The minimum absolute atomic E-state index is 0.0391. The van der Waals surface area contributed by atoms with Crippen molar-refractivity contribution in [3.63, 3.8) is 0 Å². The first-order valence-corrected chi connectivity index (χ1v) is 6.51. The van der Waals surface area contributed by atoms with E-state index >= 15 is 0 Å². The van der Waals surface area contributed by atoms with Crippen molar-refractivity contribution in [1.29, 1.82) is 0 Å². The van der Waals surface area contributed by atoms with Crippen LogP contribution in [0.2, 0.25) is 5.02 Å². The number of nitro benzene ring substituents is 1. The summed E-state index contributed by atoms with van der Waals surface area (Å²) < 4.78 is 5.47. The first kappa shape index (κ1) is 15.0. The zero-order chi connectivity index (χ0) is 15.6. The number of nitrogen functional groups attached to an aromatic ring is 1. The molecule has 0 aliphatic carbocycles. The van der Waals surface area contributed by atoms with Crippen molar-refractivity contribution in [2.24, 2.45) is 0 Å². The van der Waals surface area contributed by atoms with Crippen molar-refractivity contribution < 1.29 is 9.66 Å². The van der Waals surface area contributed by atoms with Gasteiger partial charge in [0.25, 0.3) is 0 Å². The van der Waals surface area contributed by atoms with Gasteiger partial charge in [-0.25, -0.2) is 4.98 Å². The zero-order valence-corrected chi connectivity index (χ0v) is 12.2. The first-order valence-electron chi connectivity index (χ1n) is 6.13. The smallest absolute Gasteiger partial charge is 0.313 e. The molecule has 2 aromatic rings. The number of hydrogen-bond donors (Lipinski definition) is 1. The van der Waals surface area contributed by atoms with Gasteiger partial charge in [0.15, 0.2) is 0 Å². The van der Waals surface area contributed by atoms with E-state index in [1.54, 1.807) is 0 Å². The van der Waals surface area contributed by atoms with Gasteiger partial charge in [0.2, 0.25) is 11.6 Å². The highest BCUT2D eigenvalue weighted by Crippen LogP contribution is 2.33. The third-order valence-electron chi connectivity index (χ3n) is 2.59. The molecule has 0 aliphatic heterocycles. The lowest BCUT2D eigenvalue weighted by molar-refractivity contribution is -0.385. The number of nitrogens with zero attached hydrogens (tertiary/aromatic N) is 3. The molecule has 1 aromatic carbocycles. The number of anilines is 1. The lowest BCUT2D eigenvalue weighted by Gasteiger charge is -2.09. The van der Waals surface area contributed by atoms with Crippen LogP contribution in [-0.4, -0.2) is 14.9 Å². The van der Waals surface area contributed by atoms with Crippen LogP contribution in [0, 0.1) is 10.1 Å². The van der Waals surface area contributed by atoms with E-state index in [1.165, 1.54) is 24.3 Å². The maximum atomic E-state index is 11.0. The Morgan fingerprint density at radius 1 is 1.33 bits per heavy atom. The van der Waals surface area contributed by atoms with Crippen LogP contribution in [0.25, 0.3) is 0 Å². The summed E-state index contributed by atoms with van der Waals surface area (Å²) in [5.74, 6) is 0.979. The summed E-state index contributed by atoms with van der Waals surface area (Å²) in [7, 11) is 0. The Labute approximate surface area is 125 Å². The third-order valence-corrected chi connectivity index (χ3v) is 2.82. The van der Waals surface area contributed by atoms with Crippen LogP contribution in [0.1, 0.15) is 25.6 Å². The second-order valence-corrected chi connectivity index (χ2v) is 5.05. The van der Waals surface area contributed by atoms with Gasteiger partial charge >= 0.3 is 5.69 Å². The molecule has 2 N–H and O–H groups in total. The van der Waals surface area contributed by atoms with Crippen LogP contribution in [0.3, 0.4) is 0 Å². The molecule has 21 heavy (non-hydrogen) atoms. The normalized spacial score (nSPS) is 10.7. The van der Waals surface area contributed by atoms with Crippen molar-refractivity contribution in [3.8, 4) is 11.6 Å². The minimum Gasteiger partial charge on any atom is -0.432 e. The van der Waals surface area contributed by atoms with Crippen LogP contribution < -0.4 is 10.5 Å². The summed E-state index contributed by atoms with van der Waals surface area (Å²) in [6.45, 7) is 3.81. The largest absolute Gasteiger partial charge is 0.432 e. The summed E-state index contributed by atoms with van der Waals surface area (Å²) in [4.78, 5) is 18.7. The Morgan fingerprint density at radius 3 is 2.67 bits per heavy atom. The fourth-order valence-electron chi connectivity index (χ4n) is 1.60. The van der Waals surface area contributed by atoms with Gasteiger partial charge in [-0.05, 0) is 12.1 Å². The highest BCUT2D eigenvalue weighted by Gasteiger charge is 2.18. The molecule has 110 valence electrons. The molecular weight excluding hydrogens is 296 g/mol. The van der Waals surface area contributed by atoms with E-state index in [-0.39, 0.29) is 34.1 Å². The fraction of sp³-hybridized carbons (Fsp3) is 0.231. The van der Waals surface area contributed by atoms with Crippen LogP contribution in [0.5, 0.6) is 11.6 Å². The Balaban J connectivity index is 2.41. The number of nitro groups is 1. The van der Waals surface area contributed by atoms with Crippen molar-refractivity contribution in [2.75, 3.05) is 5.73 Å². The number of ether oxygens (including phenoxy) is 1. The second kappa shape index (κ2) is 5.92. The van der Waals surface area contributed by atoms with Gasteiger partial charge < -0.3 is 10.5 Å². The molecule has 1 heterocycles. The van der Waals surface area contributed by atoms with Crippen molar-refractivity contribution >= 4 is 23.1 Å². The summed E-state index contributed by atoms with van der Waals surface area (Å²) in [6, 6.07) is 5.53. The molecule has 0 unspecified atom stereocenters. The van der Waals surface area contributed by atoms with Gasteiger partial charge in [-0.15, -0.1) is 0 Å². The monoisotopic (exact) mass is 308 g/mol. The van der Waals surface area contributed by atoms with Crippen molar-refractivity contribution in [2.45, 2.75) is 19.8 Å². The van der Waals surface area contributed by atoms with Crippen LogP contribution >= 0.6 is 11.6 Å². The molecule has 8 heteroatoms. The first-order chi connectivity index (χ1) is 9.86. The van der Waals surface area contributed by atoms with E-state index in [9.17, 15) is 10.1 Å². The molecule has 2 rings (SSSR count). The predicted molar refractivity (Wildman–Crippen MR) is 78.7 cm³/mol. The van der Waals surface area contributed by atoms with E-state index in [2.05, 4.69) is 9.97 Å². The van der Waals surface area contributed by atoms with Crippen molar-refractivity contribution in [1.82, 2.24) is 9.97 Å². The molecule has 0 fully saturated rings. The van der Waals surface area contributed by atoms with Gasteiger partial charge in [0.05, 0.1) is 4.92 Å². The number of hydrogen-bond acceptors (Lipinski definition) is 6. The lowest BCUT2D eigenvalue weighted by Crippen LogP contribution is -2.03. The molecule has 0 saturated heterocycles. The van der Waals surface area contributed by atoms with Gasteiger partial charge in [-0.2, -0.15) is 4.98 Å². The minimum atomic E-state index is -0.574. The van der Waals surface area contributed by atoms with E-state index in [0.29, 0.717) is 5.82 Å². The number of rotatable bonds is 4. The number of halogens is 1. The number of nitrogens with two attached hydrogens (primary N) is 1. The molecule has 1 aromatic heterocycles. The average molecular weight is 309 g/mol. The predicted octanol–water partition coefficient (Wildman–Crippen LogP) is 3.54. The van der Waals surface area contributed by atoms with Crippen LogP contribution in [-0.2, 0) is 0 Å². The molecule has 0 aliphatic rings. The van der Waals surface area contributed by atoms with Gasteiger partial charge in [-0.3, -0.25) is 10.1 Å². The Hall–Kier alpha value is -2.41. The lowest BCUT2D eigenvalue weighted by atomic mass is 10.2. The standard InChI is InChI=1S/C13H13ClN4O3/c1-7(2)13-16-11(15)6-12(17-13)21-10-4-3-8(14)5-9(10)18(19)20/h3-7H,1-2H3,(H2,15,16,17). The molecule has 0 radical (unpaired) electrons. The molecular formula is C13H13ClN4O3. The SMILES string of the molecule is CC(C)c1nc(N)cc(Oc2ccc(Cl)cc2[N+](=O)[O-])n1. The zero-order valence-electron chi connectivity index (χ0n) is 11.4. The Kier molecular flexibility index (Phi) is 4.23. The van der Waals surface area contributed by atoms with Gasteiger partial charge in [0, 0.05) is 23.1 Å². The topological polar surface area (TPSA) is 104 Å². The Morgan fingerprint density at radius 2 is 2.05 bits per heavy atom. The van der Waals surface area contributed by atoms with E-state index in [1.807, 2.05) is 13.8 Å². The summed E-state index contributed by atoms with van der Waals surface area (Å²) in [6.07, 6.45) is 0.